The Bertz CT molecular complexity index is 112. The fourth-order valence-electron chi connectivity index (χ4n) is 0.118. The molecule has 0 aromatic carbocycles. The quantitative estimate of drug-likeness (QED) is 0.366. The molecule has 0 rings (SSSR count). The van der Waals surface area contributed by atoms with Crippen LogP contribution in [0.25, 0.3) is 0 Å². The van der Waals surface area contributed by atoms with Crippen molar-refractivity contribution in [1.29, 1.82) is 0 Å². The third-order valence-corrected chi connectivity index (χ3v) is 0.591. The van der Waals surface area contributed by atoms with Gasteiger partial charge in [0.05, 0.1) is 0 Å². The van der Waals surface area contributed by atoms with Gasteiger partial charge in [-0.2, -0.15) is 0 Å². The van der Waals surface area contributed by atoms with Crippen molar-refractivity contribution in [1.82, 2.24) is 0 Å². The molecule has 6 nitrogen and oxygen atoms in total. The van der Waals surface area contributed by atoms with Crippen molar-refractivity contribution in [2.24, 2.45) is 11.5 Å². The van der Waals surface area contributed by atoms with Crippen LogP contribution in [0.1, 0.15) is 6.42 Å². The molecule has 0 saturated heterocycles. The molecular weight excluding hydrogens is 152 g/mol. The lowest BCUT2D eigenvalue weighted by Gasteiger charge is -1.81. The molecule has 0 aliphatic rings. The zero-order valence-electron chi connectivity index (χ0n) is 5.99. The van der Waals surface area contributed by atoms with E-state index in [0.29, 0.717) is 0 Å². The molecule has 0 aromatic rings. The molecule has 6 heteroatoms. The Kier molecular flexibility index (Phi) is 10.1. The average molecular weight is 164 g/mol. The van der Waals surface area contributed by atoms with Crippen LogP contribution in [0, 0.1) is 0 Å². The molecule has 11 heavy (non-hydrogen) atoms. The second-order valence-electron chi connectivity index (χ2n) is 1.54. The Balaban J connectivity index is 0. The summed E-state index contributed by atoms with van der Waals surface area (Å²) in [5, 5.41) is 14.8. The summed E-state index contributed by atoms with van der Waals surface area (Å²) >= 11 is 0. The van der Waals surface area contributed by atoms with Gasteiger partial charge in [0.15, 0.2) is 0 Å². The monoisotopic (exact) mass is 164 g/mol. The van der Waals surface area contributed by atoms with E-state index in [1.54, 1.807) is 0 Å². The molecular formula is C5H12N2O4. The number of aliphatic carboxylic acids is 2. The molecule has 0 radical (unpaired) electrons. The number of rotatable bonds is 2. The van der Waals surface area contributed by atoms with Crippen LogP contribution in [0.5, 0.6) is 0 Å². The minimum absolute atomic E-state index is 0.719. The summed E-state index contributed by atoms with van der Waals surface area (Å²) < 4.78 is 0. The van der Waals surface area contributed by atoms with E-state index in [2.05, 4.69) is 0 Å². The summed E-state index contributed by atoms with van der Waals surface area (Å²) in [7, 11) is 0. The molecule has 0 aliphatic carbocycles. The van der Waals surface area contributed by atoms with Gasteiger partial charge in [0.2, 0.25) is 0 Å². The molecule has 0 unspecified atom stereocenters. The topological polar surface area (TPSA) is 127 Å². The molecule has 66 valence electrons. The highest BCUT2D eigenvalue weighted by molar-refractivity contribution is 6.27. The number of hydrogen-bond acceptors (Lipinski definition) is 4. The highest BCUT2D eigenvalue weighted by Gasteiger charge is 2.04. The highest BCUT2D eigenvalue weighted by Crippen LogP contribution is 1.58. The summed E-state index contributed by atoms with van der Waals surface area (Å²) in [6.07, 6.45) is 0.944. The predicted molar refractivity (Wildman–Crippen MR) is 38.0 cm³/mol. The molecule has 0 aromatic heterocycles. The number of carbonyl (C=O) groups is 2. The van der Waals surface area contributed by atoms with Crippen LogP contribution in [0.4, 0.5) is 0 Å². The molecule has 0 aliphatic heterocycles. The van der Waals surface area contributed by atoms with Crippen LogP contribution in [0.15, 0.2) is 0 Å². The lowest BCUT2D eigenvalue weighted by Crippen LogP contribution is -2.09. The second kappa shape index (κ2) is 8.86. The smallest absolute Gasteiger partial charge is 0.414 e. The average Bonchev–Trinajstić information content (AvgIpc) is 1.90. The van der Waals surface area contributed by atoms with E-state index in [-0.39, 0.29) is 0 Å². The van der Waals surface area contributed by atoms with Crippen LogP contribution in [-0.4, -0.2) is 35.2 Å². The lowest BCUT2D eigenvalue weighted by molar-refractivity contribution is -0.159. The molecule has 0 saturated carbocycles. The van der Waals surface area contributed by atoms with Crippen LogP contribution in [-0.2, 0) is 9.59 Å². The molecule has 0 amide bonds. The van der Waals surface area contributed by atoms with Crippen LogP contribution in [0.2, 0.25) is 0 Å². The highest BCUT2D eigenvalue weighted by atomic mass is 16.4. The van der Waals surface area contributed by atoms with Gasteiger partial charge in [0, 0.05) is 0 Å². The minimum atomic E-state index is -1.82. The maximum absolute atomic E-state index is 9.10. The van der Waals surface area contributed by atoms with Crippen molar-refractivity contribution < 1.29 is 19.8 Å². The van der Waals surface area contributed by atoms with Gasteiger partial charge in [-0.1, -0.05) is 0 Å². The third-order valence-electron chi connectivity index (χ3n) is 0.591. The maximum Gasteiger partial charge on any atom is 0.414 e. The largest absolute Gasteiger partial charge is 0.473 e. The van der Waals surface area contributed by atoms with Crippen LogP contribution < -0.4 is 11.5 Å². The Morgan fingerprint density at radius 2 is 1.27 bits per heavy atom. The van der Waals surface area contributed by atoms with Gasteiger partial charge in [0.25, 0.3) is 0 Å². The molecule has 0 atom stereocenters. The van der Waals surface area contributed by atoms with E-state index < -0.39 is 11.9 Å². The van der Waals surface area contributed by atoms with E-state index in [1.807, 2.05) is 0 Å². The molecule has 6 N–H and O–H groups in total. The fraction of sp³-hybridized carbons (Fsp3) is 0.600. The van der Waals surface area contributed by atoms with Gasteiger partial charge in [-0.05, 0) is 19.5 Å². The Hall–Kier alpha value is -1.14. The van der Waals surface area contributed by atoms with Crippen molar-refractivity contribution in [2.45, 2.75) is 6.42 Å². The number of nitrogens with two attached hydrogens (primary N) is 2. The maximum atomic E-state index is 9.10. The first-order chi connectivity index (χ1) is 5.06. The Morgan fingerprint density at radius 1 is 1.00 bits per heavy atom. The van der Waals surface area contributed by atoms with Gasteiger partial charge in [-0.25, -0.2) is 9.59 Å². The van der Waals surface area contributed by atoms with Gasteiger partial charge >= 0.3 is 11.9 Å². The Labute approximate surface area is 63.8 Å². The standard InChI is InChI=1S/C3H10N2.C2H2O4/c4-2-1-3-5;3-1(4)2(5)6/h1-5H2;(H,3,4)(H,5,6). The van der Waals surface area contributed by atoms with Crippen molar-refractivity contribution in [3.05, 3.63) is 0 Å². The van der Waals surface area contributed by atoms with Crippen molar-refractivity contribution in [3.8, 4) is 0 Å². The number of carboxylic acids is 2. The van der Waals surface area contributed by atoms with Gasteiger partial charge < -0.3 is 21.7 Å². The summed E-state index contributed by atoms with van der Waals surface area (Å²) in [5.74, 6) is -3.65. The number of carboxylic acid groups (broad SMARTS) is 2. The van der Waals surface area contributed by atoms with E-state index >= 15 is 0 Å². The fourth-order valence-corrected chi connectivity index (χ4v) is 0.118. The first-order valence-electron chi connectivity index (χ1n) is 2.92. The Morgan fingerprint density at radius 3 is 1.27 bits per heavy atom. The van der Waals surface area contributed by atoms with Crippen LogP contribution in [0.3, 0.4) is 0 Å². The first-order valence-corrected chi connectivity index (χ1v) is 2.92. The van der Waals surface area contributed by atoms with Crippen molar-refractivity contribution in [2.75, 3.05) is 13.1 Å². The summed E-state index contributed by atoms with van der Waals surface area (Å²) in [6, 6.07) is 0. The lowest BCUT2D eigenvalue weighted by atomic mass is 10.4. The molecule has 0 spiro atoms. The van der Waals surface area contributed by atoms with Crippen molar-refractivity contribution in [3.63, 3.8) is 0 Å². The van der Waals surface area contributed by atoms with Gasteiger partial charge in [-0.3, -0.25) is 0 Å². The van der Waals surface area contributed by atoms with Crippen LogP contribution >= 0.6 is 0 Å². The van der Waals surface area contributed by atoms with Crippen molar-refractivity contribution >= 4 is 11.9 Å². The van der Waals surface area contributed by atoms with E-state index in [9.17, 15) is 0 Å². The third kappa shape index (κ3) is 17.7. The zero-order valence-corrected chi connectivity index (χ0v) is 5.99. The predicted octanol–water partition coefficient (Wildman–Crippen LogP) is -1.55. The van der Waals surface area contributed by atoms with Gasteiger partial charge in [-0.15, -0.1) is 0 Å². The first kappa shape index (κ1) is 12.5. The SMILES string of the molecule is NCCCN.O=C(O)C(=O)O. The zero-order chi connectivity index (χ0) is 9.28. The summed E-state index contributed by atoms with van der Waals surface area (Å²) in [4.78, 5) is 18.2. The summed E-state index contributed by atoms with van der Waals surface area (Å²) in [5.41, 5.74) is 10.1. The number of hydrogen-bond donors (Lipinski definition) is 4. The molecule has 0 fully saturated rings. The normalized spacial score (nSPS) is 7.82. The van der Waals surface area contributed by atoms with E-state index in [0.717, 1.165) is 19.5 Å². The van der Waals surface area contributed by atoms with E-state index in [1.165, 1.54) is 0 Å². The molecule has 0 bridgehead atoms. The van der Waals surface area contributed by atoms with Gasteiger partial charge in [0.1, 0.15) is 0 Å². The molecule has 0 heterocycles. The van der Waals surface area contributed by atoms with E-state index in [4.69, 9.17) is 31.3 Å². The second-order valence-corrected chi connectivity index (χ2v) is 1.54. The summed E-state index contributed by atoms with van der Waals surface area (Å²) in [6.45, 7) is 1.44. The minimum Gasteiger partial charge on any atom is -0.473 e.